The highest BCUT2D eigenvalue weighted by Gasteiger charge is 1.90. The van der Waals surface area contributed by atoms with Crippen LogP contribution < -0.4 is 5.32 Å². The number of carbonyl (C=O) groups is 1. The molecule has 0 unspecified atom stereocenters. The first-order valence-electron chi connectivity index (χ1n) is 7.64. The first kappa shape index (κ1) is 23.8. The number of nitrogens with one attached hydrogen (secondary N) is 1. The first-order chi connectivity index (χ1) is 9.76. The van der Waals surface area contributed by atoms with Crippen molar-refractivity contribution in [3.63, 3.8) is 0 Å². The van der Waals surface area contributed by atoms with Crippen LogP contribution in [0.25, 0.3) is 0 Å². The minimum Gasteiger partial charge on any atom is -0.317 e. The van der Waals surface area contributed by atoms with Crippen molar-refractivity contribution in [2.24, 2.45) is 4.99 Å². The topological polar surface area (TPSA) is 41.5 Å². The molecular formula is C17H34N2O. The Hall–Kier alpha value is -1.22. The van der Waals surface area contributed by atoms with Crippen LogP contribution in [0.1, 0.15) is 53.4 Å². The lowest BCUT2D eigenvalue weighted by Gasteiger charge is -1.96. The van der Waals surface area contributed by atoms with E-state index in [9.17, 15) is 4.79 Å². The molecule has 0 rings (SSSR count). The maximum Gasteiger partial charge on any atom is 0.120 e. The van der Waals surface area contributed by atoms with E-state index in [1.807, 2.05) is 19.9 Å². The maximum absolute atomic E-state index is 10.0. The number of hydrogen-bond donors (Lipinski definition) is 1. The Morgan fingerprint density at radius 3 is 2.30 bits per heavy atom. The van der Waals surface area contributed by atoms with Gasteiger partial charge in [-0.15, -0.1) is 0 Å². The van der Waals surface area contributed by atoms with Gasteiger partial charge >= 0.3 is 0 Å². The lowest BCUT2D eigenvalue weighted by atomic mass is 10.1. The Labute approximate surface area is 126 Å². The fourth-order valence-corrected chi connectivity index (χ4v) is 1.17. The second-order valence-electron chi connectivity index (χ2n) is 3.77. The summed E-state index contributed by atoms with van der Waals surface area (Å²) in [5.74, 6) is 0. The highest BCUT2D eigenvalue weighted by atomic mass is 16.1. The van der Waals surface area contributed by atoms with E-state index in [0.29, 0.717) is 6.42 Å². The Morgan fingerprint density at radius 2 is 1.95 bits per heavy atom. The number of unbranched alkanes of at least 4 members (excludes halogenated alkanes) is 1. The highest BCUT2D eigenvalue weighted by Crippen LogP contribution is 2.06. The molecule has 0 atom stereocenters. The van der Waals surface area contributed by atoms with Gasteiger partial charge in [-0.05, 0) is 44.0 Å². The summed E-state index contributed by atoms with van der Waals surface area (Å²) >= 11 is 0. The van der Waals surface area contributed by atoms with E-state index < -0.39 is 0 Å². The number of rotatable bonds is 9. The van der Waals surface area contributed by atoms with Crippen LogP contribution in [-0.4, -0.2) is 32.6 Å². The molecule has 0 fully saturated rings. The zero-order chi connectivity index (χ0) is 16.1. The Bertz CT molecular complexity index is 241. The molecule has 0 aromatic heterocycles. The van der Waals surface area contributed by atoms with Gasteiger partial charge in [0.25, 0.3) is 0 Å². The molecule has 0 saturated heterocycles. The van der Waals surface area contributed by atoms with E-state index >= 15 is 0 Å². The molecule has 3 nitrogen and oxygen atoms in total. The normalized spacial score (nSPS) is 10.2. The third kappa shape index (κ3) is 25.6. The molecule has 0 heterocycles. The van der Waals surface area contributed by atoms with Crippen LogP contribution >= 0.6 is 0 Å². The maximum atomic E-state index is 10.0. The molecule has 0 aromatic carbocycles. The van der Waals surface area contributed by atoms with Gasteiger partial charge in [-0.1, -0.05) is 40.3 Å². The fourth-order valence-electron chi connectivity index (χ4n) is 1.17. The molecule has 0 radical (unpaired) electrons. The van der Waals surface area contributed by atoms with Gasteiger partial charge in [0.15, 0.2) is 0 Å². The standard InChI is InChI=1S/C10H15NO.C5H13N.C2H6/c1-3-10(7-8-11-2)6-4-5-9-12;1-3-5-6-4-2;1-2/h3,7-9H,1,4-6H2,2H3;6H,3-5H2,1-2H3;1-2H3/b10-7+,11-8?;;. The monoisotopic (exact) mass is 282 g/mol. The number of hydrogen-bond acceptors (Lipinski definition) is 3. The van der Waals surface area contributed by atoms with Crippen LogP contribution in [0.15, 0.2) is 29.3 Å². The number of aldehydes is 1. The van der Waals surface area contributed by atoms with Crippen molar-refractivity contribution in [1.29, 1.82) is 0 Å². The van der Waals surface area contributed by atoms with Gasteiger partial charge in [0, 0.05) is 19.7 Å². The van der Waals surface area contributed by atoms with Gasteiger partial charge in [-0.3, -0.25) is 4.99 Å². The van der Waals surface area contributed by atoms with Crippen LogP contribution in [0.3, 0.4) is 0 Å². The fraction of sp³-hybridized carbons (Fsp3) is 0.647. The summed E-state index contributed by atoms with van der Waals surface area (Å²) in [6.07, 6.45) is 10.0. The molecule has 1 N–H and O–H groups in total. The van der Waals surface area contributed by atoms with Gasteiger partial charge in [0.1, 0.15) is 6.29 Å². The Morgan fingerprint density at radius 1 is 1.30 bits per heavy atom. The summed E-state index contributed by atoms with van der Waals surface area (Å²) in [4.78, 5) is 13.9. The summed E-state index contributed by atoms with van der Waals surface area (Å²) in [6, 6.07) is 0. The van der Waals surface area contributed by atoms with Crippen molar-refractivity contribution < 1.29 is 4.79 Å². The second-order valence-corrected chi connectivity index (χ2v) is 3.77. The molecule has 0 aromatic rings. The highest BCUT2D eigenvalue weighted by molar-refractivity contribution is 5.72. The molecule has 0 aliphatic rings. The zero-order valence-corrected chi connectivity index (χ0v) is 14.1. The molecular weight excluding hydrogens is 248 g/mol. The molecule has 0 spiro atoms. The van der Waals surface area contributed by atoms with Crippen LogP contribution in [0, 0.1) is 0 Å². The first-order valence-corrected chi connectivity index (χ1v) is 7.64. The molecule has 20 heavy (non-hydrogen) atoms. The van der Waals surface area contributed by atoms with Crippen LogP contribution in [-0.2, 0) is 4.79 Å². The summed E-state index contributed by atoms with van der Waals surface area (Å²) < 4.78 is 0. The van der Waals surface area contributed by atoms with Gasteiger partial charge in [0.2, 0.25) is 0 Å². The summed E-state index contributed by atoms with van der Waals surface area (Å²) in [6.45, 7) is 14.2. The largest absolute Gasteiger partial charge is 0.317 e. The van der Waals surface area contributed by atoms with Crippen molar-refractivity contribution in [3.8, 4) is 0 Å². The van der Waals surface area contributed by atoms with E-state index in [-0.39, 0.29) is 0 Å². The number of nitrogens with zero attached hydrogens (tertiary/aromatic N) is 1. The van der Waals surface area contributed by atoms with Crippen molar-refractivity contribution in [2.45, 2.75) is 53.4 Å². The van der Waals surface area contributed by atoms with Gasteiger partial charge in [0.05, 0.1) is 0 Å². The molecule has 0 aliphatic carbocycles. The minimum atomic E-state index is 0.619. The molecule has 0 amide bonds. The van der Waals surface area contributed by atoms with Gasteiger partial charge in [-0.2, -0.15) is 0 Å². The lowest BCUT2D eigenvalue weighted by molar-refractivity contribution is -0.107. The Kier molecular flexibility index (Phi) is 31.4. The van der Waals surface area contributed by atoms with Crippen molar-refractivity contribution in [3.05, 3.63) is 24.3 Å². The summed E-state index contributed by atoms with van der Waals surface area (Å²) in [5.41, 5.74) is 1.13. The second kappa shape index (κ2) is 26.4. The smallest absolute Gasteiger partial charge is 0.120 e. The van der Waals surface area contributed by atoms with Crippen molar-refractivity contribution in [2.75, 3.05) is 20.1 Å². The predicted octanol–water partition coefficient (Wildman–Crippen LogP) is 4.20. The van der Waals surface area contributed by atoms with E-state index in [2.05, 4.69) is 30.7 Å². The summed E-state index contributed by atoms with van der Waals surface area (Å²) in [7, 11) is 1.72. The lowest BCUT2D eigenvalue weighted by Crippen LogP contribution is -2.12. The average molecular weight is 282 g/mol. The van der Waals surface area contributed by atoms with E-state index in [1.165, 1.54) is 6.42 Å². The zero-order valence-electron chi connectivity index (χ0n) is 14.1. The Balaban J connectivity index is -0.000000304. The quantitative estimate of drug-likeness (QED) is 0.298. The van der Waals surface area contributed by atoms with Crippen LogP contribution in [0.4, 0.5) is 0 Å². The summed E-state index contributed by atoms with van der Waals surface area (Å²) in [5, 5.41) is 3.20. The third-order valence-corrected chi connectivity index (χ3v) is 2.16. The molecule has 0 saturated carbocycles. The molecule has 0 aliphatic heterocycles. The third-order valence-electron chi connectivity index (χ3n) is 2.16. The van der Waals surface area contributed by atoms with Crippen molar-refractivity contribution in [1.82, 2.24) is 5.32 Å². The molecule has 0 bridgehead atoms. The van der Waals surface area contributed by atoms with Crippen molar-refractivity contribution >= 4 is 12.5 Å². The van der Waals surface area contributed by atoms with Crippen LogP contribution in [0.2, 0.25) is 0 Å². The molecule has 118 valence electrons. The van der Waals surface area contributed by atoms with Crippen LogP contribution in [0.5, 0.6) is 0 Å². The van der Waals surface area contributed by atoms with Gasteiger partial charge < -0.3 is 10.1 Å². The van der Waals surface area contributed by atoms with Gasteiger partial charge in [-0.25, -0.2) is 0 Å². The van der Waals surface area contributed by atoms with E-state index in [4.69, 9.17) is 0 Å². The van der Waals surface area contributed by atoms with E-state index in [1.54, 1.807) is 19.3 Å². The predicted molar refractivity (Wildman–Crippen MR) is 92.8 cm³/mol. The minimum absolute atomic E-state index is 0.619. The molecule has 3 heteroatoms. The number of carbonyl (C=O) groups excluding carboxylic acids is 1. The van der Waals surface area contributed by atoms with E-state index in [0.717, 1.165) is 37.8 Å². The average Bonchev–Trinajstić information content (AvgIpc) is 2.51. The SMILES string of the molecule is C=C/C(=C\C=NC)CCCC=O.CC.CCCNCC. The number of allylic oxidation sites excluding steroid dienone is 3. The number of aliphatic imine (C=N–C) groups is 1.